The summed E-state index contributed by atoms with van der Waals surface area (Å²) in [6.45, 7) is 4.02. The maximum Gasteiger partial charge on any atom is 0.333 e. The molecule has 0 amide bonds. The SMILES string of the molecule is CC=C(CCCCC)C(=O)OC. The van der Waals surface area contributed by atoms with Crippen LogP contribution in [0.1, 0.15) is 39.5 Å². The second-order valence-corrected chi connectivity index (χ2v) is 2.76. The van der Waals surface area contributed by atoms with Gasteiger partial charge in [-0.05, 0) is 19.8 Å². The minimum absolute atomic E-state index is 0.186. The third kappa shape index (κ3) is 4.16. The standard InChI is InChI=1S/C10H18O2/c1-4-6-7-8-9(5-2)10(11)12-3/h5H,4,6-8H2,1-3H3. The van der Waals surface area contributed by atoms with Crippen LogP contribution in [0, 0.1) is 0 Å². The van der Waals surface area contributed by atoms with Crippen LogP contribution < -0.4 is 0 Å². The van der Waals surface area contributed by atoms with Crippen LogP contribution in [0.2, 0.25) is 0 Å². The topological polar surface area (TPSA) is 26.3 Å². The van der Waals surface area contributed by atoms with Crippen LogP contribution in [0.3, 0.4) is 0 Å². The van der Waals surface area contributed by atoms with E-state index in [9.17, 15) is 4.79 Å². The molecule has 0 rings (SSSR count). The molecule has 0 radical (unpaired) electrons. The summed E-state index contributed by atoms with van der Waals surface area (Å²) < 4.78 is 4.63. The molecule has 0 aliphatic carbocycles. The molecule has 70 valence electrons. The molecule has 0 aromatic heterocycles. The number of unbranched alkanes of at least 4 members (excludes halogenated alkanes) is 2. The number of carbonyl (C=O) groups is 1. The fourth-order valence-corrected chi connectivity index (χ4v) is 1.06. The highest BCUT2D eigenvalue weighted by Crippen LogP contribution is 2.09. The Balaban J connectivity index is 3.77. The fourth-order valence-electron chi connectivity index (χ4n) is 1.06. The van der Waals surface area contributed by atoms with Gasteiger partial charge >= 0.3 is 5.97 Å². The Morgan fingerprint density at radius 2 is 2.08 bits per heavy atom. The Kier molecular flexibility index (Phi) is 6.44. The zero-order valence-corrected chi connectivity index (χ0v) is 8.22. The summed E-state index contributed by atoms with van der Waals surface area (Å²) in [4.78, 5) is 11.0. The largest absolute Gasteiger partial charge is 0.466 e. The van der Waals surface area contributed by atoms with Crippen molar-refractivity contribution in [2.24, 2.45) is 0 Å². The van der Waals surface area contributed by atoms with Crippen LogP contribution >= 0.6 is 0 Å². The van der Waals surface area contributed by atoms with Crippen molar-refractivity contribution in [3.8, 4) is 0 Å². The van der Waals surface area contributed by atoms with E-state index in [-0.39, 0.29) is 5.97 Å². The summed E-state index contributed by atoms with van der Waals surface area (Å²) in [6, 6.07) is 0. The summed E-state index contributed by atoms with van der Waals surface area (Å²) in [5, 5.41) is 0. The highest BCUT2D eigenvalue weighted by Gasteiger charge is 2.06. The van der Waals surface area contributed by atoms with Gasteiger partial charge in [-0.15, -0.1) is 0 Å². The lowest BCUT2D eigenvalue weighted by molar-refractivity contribution is -0.136. The van der Waals surface area contributed by atoms with Crippen molar-refractivity contribution in [2.75, 3.05) is 7.11 Å². The number of methoxy groups -OCH3 is 1. The number of allylic oxidation sites excluding steroid dienone is 1. The van der Waals surface area contributed by atoms with Crippen molar-refractivity contribution in [3.63, 3.8) is 0 Å². The lowest BCUT2D eigenvalue weighted by Gasteiger charge is -2.03. The fraction of sp³-hybridized carbons (Fsp3) is 0.700. The van der Waals surface area contributed by atoms with Gasteiger partial charge in [-0.2, -0.15) is 0 Å². The summed E-state index contributed by atoms with van der Waals surface area (Å²) in [5.74, 6) is -0.186. The maximum atomic E-state index is 11.0. The van der Waals surface area contributed by atoms with E-state index in [4.69, 9.17) is 0 Å². The number of esters is 1. The molecule has 0 aromatic rings. The Hall–Kier alpha value is -0.790. The summed E-state index contributed by atoms with van der Waals surface area (Å²) in [5.41, 5.74) is 0.797. The van der Waals surface area contributed by atoms with E-state index in [1.54, 1.807) is 0 Å². The first kappa shape index (κ1) is 11.2. The third-order valence-corrected chi connectivity index (χ3v) is 1.85. The first-order chi connectivity index (χ1) is 5.76. The quantitative estimate of drug-likeness (QED) is 0.360. The van der Waals surface area contributed by atoms with Gasteiger partial charge in [0, 0.05) is 5.57 Å². The number of carbonyl (C=O) groups excluding carboxylic acids is 1. The van der Waals surface area contributed by atoms with Crippen molar-refractivity contribution in [3.05, 3.63) is 11.6 Å². The molecule has 0 atom stereocenters. The van der Waals surface area contributed by atoms with E-state index in [0.717, 1.165) is 18.4 Å². The van der Waals surface area contributed by atoms with E-state index >= 15 is 0 Å². The molecule has 0 saturated heterocycles. The molecule has 0 heterocycles. The molecule has 0 aliphatic heterocycles. The van der Waals surface area contributed by atoms with Crippen LogP contribution in [0.15, 0.2) is 11.6 Å². The van der Waals surface area contributed by atoms with E-state index < -0.39 is 0 Å². The maximum absolute atomic E-state index is 11.0. The van der Waals surface area contributed by atoms with Gasteiger partial charge in [-0.1, -0.05) is 25.8 Å². The van der Waals surface area contributed by atoms with Crippen LogP contribution in [0.25, 0.3) is 0 Å². The molecular weight excluding hydrogens is 152 g/mol. The molecule has 0 aliphatic rings. The van der Waals surface area contributed by atoms with Gasteiger partial charge in [0.05, 0.1) is 7.11 Å². The monoisotopic (exact) mass is 170 g/mol. The molecule has 0 spiro atoms. The number of hydrogen-bond donors (Lipinski definition) is 0. The molecule has 0 N–H and O–H groups in total. The highest BCUT2D eigenvalue weighted by atomic mass is 16.5. The molecule has 0 aromatic carbocycles. The van der Waals surface area contributed by atoms with Gasteiger partial charge < -0.3 is 4.74 Å². The highest BCUT2D eigenvalue weighted by molar-refractivity contribution is 5.88. The minimum atomic E-state index is -0.186. The predicted molar refractivity (Wildman–Crippen MR) is 49.9 cm³/mol. The molecule has 2 nitrogen and oxygen atoms in total. The van der Waals surface area contributed by atoms with Crippen molar-refractivity contribution < 1.29 is 9.53 Å². The second kappa shape index (κ2) is 6.89. The smallest absolute Gasteiger partial charge is 0.333 e. The average Bonchev–Trinajstić information content (AvgIpc) is 2.11. The number of rotatable bonds is 5. The third-order valence-electron chi connectivity index (χ3n) is 1.85. The zero-order valence-electron chi connectivity index (χ0n) is 8.22. The van der Waals surface area contributed by atoms with E-state index in [2.05, 4.69) is 11.7 Å². The Labute approximate surface area is 74.6 Å². The Bertz CT molecular complexity index is 159. The summed E-state index contributed by atoms with van der Waals surface area (Å²) >= 11 is 0. The van der Waals surface area contributed by atoms with Crippen LogP contribution in [-0.4, -0.2) is 13.1 Å². The number of hydrogen-bond acceptors (Lipinski definition) is 2. The molecule has 0 saturated carbocycles. The number of ether oxygens (including phenoxy) is 1. The van der Waals surface area contributed by atoms with E-state index in [1.807, 2.05) is 13.0 Å². The van der Waals surface area contributed by atoms with Gasteiger partial charge in [-0.25, -0.2) is 4.79 Å². The van der Waals surface area contributed by atoms with Crippen molar-refractivity contribution >= 4 is 5.97 Å². The van der Waals surface area contributed by atoms with Gasteiger partial charge in [0.1, 0.15) is 0 Å². The molecule has 0 bridgehead atoms. The van der Waals surface area contributed by atoms with Gasteiger partial charge in [-0.3, -0.25) is 0 Å². The van der Waals surface area contributed by atoms with E-state index in [1.165, 1.54) is 20.0 Å². The van der Waals surface area contributed by atoms with Crippen LogP contribution in [-0.2, 0) is 9.53 Å². The van der Waals surface area contributed by atoms with Crippen molar-refractivity contribution in [1.29, 1.82) is 0 Å². The summed E-state index contributed by atoms with van der Waals surface area (Å²) in [6.07, 6.45) is 6.11. The predicted octanol–water partition coefficient (Wildman–Crippen LogP) is 2.69. The average molecular weight is 170 g/mol. The van der Waals surface area contributed by atoms with Gasteiger partial charge in [0.25, 0.3) is 0 Å². The van der Waals surface area contributed by atoms with Crippen LogP contribution in [0.4, 0.5) is 0 Å². The first-order valence-electron chi connectivity index (χ1n) is 4.49. The van der Waals surface area contributed by atoms with Crippen molar-refractivity contribution in [1.82, 2.24) is 0 Å². The normalized spacial score (nSPS) is 11.4. The lowest BCUT2D eigenvalue weighted by Crippen LogP contribution is -2.04. The Morgan fingerprint density at radius 1 is 1.42 bits per heavy atom. The summed E-state index contributed by atoms with van der Waals surface area (Å²) in [7, 11) is 1.42. The molecular formula is C10H18O2. The van der Waals surface area contributed by atoms with Crippen LogP contribution in [0.5, 0.6) is 0 Å². The van der Waals surface area contributed by atoms with Gasteiger partial charge in [0.15, 0.2) is 0 Å². The van der Waals surface area contributed by atoms with Crippen molar-refractivity contribution in [2.45, 2.75) is 39.5 Å². The van der Waals surface area contributed by atoms with Gasteiger partial charge in [0.2, 0.25) is 0 Å². The lowest BCUT2D eigenvalue weighted by atomic mass is 10.1. The molecule has 2 heteroatoms. The zero-order chi connectivity index (χ0) is 9.40. The molecule has 0 unspecified atom stereocenters. The minimum Gasteiger partial charge on any atom is -0.466 e. The molecule has 0 fully saturated rings. The molecule has 12 heavy (non-hydrogen) atoms. The van der Waals surface area contributed by atoms with E-state index in [0.29, 0.717) is 0 Å². The Morgan fingerprint density at radius 3 is 2.50 bits per heavy atom. The second-order valence-electron chi connectivity index (χ2n) is 2.76. The first-order valence-corrected chi connectivity index (χ1v) is 4.49.